The fraction of sp³-hybridized carbons (Fsp3) is 0.500. The molecule has 1 aromatic carbocycles. The Kier molecular flexibility index (Phi) is 8.44. The number of carboxylic acid groups (broad SMARTS) is 1. The highest BCUT2D eigenvalue weighted by atomic mass is 16.4. The van der Waals surface area contributed by atoms with Crippen molar-refractivity contribution in [3.8, 4) is 0 Å². The molecular formula is C18H27NO2. The summed E-state index contributed by atoms with van der Waals surface area (Å²) in [6, 6.07) is 10.2. The lowest BCUT2D eigenvalue weighted by atomic mass is 10.0. The number of hydrogen-bond acceptors (Lipinski definition) is 2. The van der Waals surface area contributed by atoms with Gasteiger partial charge in [-0.15, -0.1) is 0 Å². The maximum Gasteiger partial charge on any atom is 0.317 e. The second-order valence-electron chi connectivity index (χ2n) is 5.59. The van der Waals surface area contributed by atoms with Crippen LogP contribution in [0.2, 0.25) is 0 Å². The van der Waals surface area contributed by atoms with Crippen LogP contribution >= 0.6 is 0 Å². The van der Waals surface area contributed by atoms with E-state index in [2.05, 4.69) is 25.1 Å². The van der Waals surface area contributed by atoms with Gasteiger partial charge >= 0.3 is 5.97 Å². The van der Waals surface area contributed by atoms with Crippen molar-refractivity contribution in [2.45, 2.75) is 39.0 Å². The Morgan fingerprint density at radius 1 is 1.14 bits per heavy atom. The third-order valence-corrected chi connectivity index (χ3v) is 3.40. The van der Waals surface area contributed by atoms with Crippen molar-refractivity contribution in [3.63, 3.8) is 0 Å². The van der Waals surface area contributed by atoms with E-state index in [-0.39, 0.29) is 6.54 Å². The van der Waals surface area contributed by atoms with Crippen LogP contribution in [-0.4, -0.2) is 36.1 Å². The number of nitrogens with zero attached hydrogens (tertiary/aromatic N) is 1. The van der Waals surface area contributed by atoms with Crippen LogP contribution in [0.25, 0.3) is 6.08 Å². The van der Waals surface area contributed by atoms with Gasteiger partial charge in [0.1, 0.15) is 0 Å². The highest BCUT2D eigenvalue weighted by molar-refractivity contribution is 5.69. The van der Waals surface area contributed by atoms with Crippen molar-refractivity contribution < 1.29 is 9.90 Å². The molecule has 0 bridgehead atoms. The molecule has 1 aromatic rings. The molecule has 3 nitrogen and oxygen atoms in total. The molecule has 21 heavy (non-hydrogen) atoms. The molecule has 0 fully saturated rings. The van der Waals surface area contributed by atoms with Crippen LogP contribution in [0.5, 0.6) is 0 Å². The third-order valence-electron chi connectivity index (χ3n) is 3.40. The highest BCUT2D eigenvalue weighted by Gasteiger charge is 2.07. The van der Waals surface area contributed by atoms with E-state index in [1.807, 2.05) is 30.1 Å². The number of hydrogen-bond donors (Lipinski definition) is 1. The SMILES string of the molecule is CCCCCC/C(=C/c1ccccc1)CN(C)CC(=O)O. The number of benzene rings is 1. The van der Waals surface area contributed by atoms with Crippen LogP contribution in [0.1, 0.15) is 44.6 Å². The molecule has 1 rings (SSSR count). The molecule has 0 saturated heterocycles. The molecule has 0 aromatic heterocycles. The molecule has 0 unspecified atom stereocenters. The van der Waals surface area contributed by atoms with Gasteiger partial charge in [0, 0.05) is 6.54 Å². The predicted octanol–water partition coefficient (Wildman–Crippen LogP) is 4.06. The van der Waals surface area contributed by atoms with Crippen molar-refractivity contribution in [2.75, 3.05) is 20.1 Å². The summed E-state index contributed by atoms with van der Waals surface area (Å²) in [4.78, 5) is 12.6. The number of aliphatic carboxylic acids is 1. The van der Waals surface area contributed by atoms with Gasteiger partial charge in [0.2, 0.25) is 0 Å². The van der Waals surface area contributed by atoms with Gasteiger partial charge < -0.3 is 5.11 Å². The normalized spacial score (nSPS) is 11.9. The molecule has 0 aliphatic heterocycles. The largest absolute Gasteiger partial charge is 0.480 e. The van der Waals surface area contributed by atoms with E-state index >= 15 is 0 Å². The Labute approximate surface area is 128 Å². The number of rotatable bonds is 10. The Balaban J connectivity index is 2.65. The molecule has 0 saturated carbocycles. The average molecular weight is 289 g/mol. The molecule has 3 heteroatoms. The summed E-state index contributed by atoms with van der Waals surface area (Å²) >= 11 is 0. The van der Waals surface area contributed by atoms with Gasteiger partial charge in [-0.1, -0.05) is 68.2 Å². The van der Waals surface area contributed by atoms with E-state index in [4.69, 9.17) is 5.11 Å². The quantitative estimate of drug-likeness (QED) is 0.660. The number of likely N-dealkylation sites (N-methyl/N-ethyl adjacent to an activating group) is 1. The van der Waals surface area contributed by atoms with Gasteiger partial charge in [-0.25, -0.2) is 0 Å². The first-order valence-electron chi connectivity index (χ1n) is 7.76. The van der Waals surface area contributed by atoms with Crippen LogP contribution in [0.3, 0.4) is 0 Å². The third kappa shape index (κ3) is 8.30. The van der Waals surface area contributed by atoms with Gasteiger partial charge in [-0.3, -0.25) is 9.69 Å². The van der Waals surface area contributed by atoms with Crippen LogP contribution in [-0.2, 0) is 4.79 Å². The standard InChI is InChI=1S/C18H27NO2/c1-3-4-5-7-12-17(14-19(2)15-18(20)21)13-16-10-8-6-9-11-16/h6,8-11,13H,3-5,7,12,14-15H2,1-2H3,(H,20,21)/b17-13-. The highest BCUT2D eigenvalue weighted by Crippen LogP contribution is 2.15. The second kappa shape index (κ2) is 10.2. The minimum absolute atomic E-state index is 0.0844. The lowest BCUT2D eigenvalue weighted by Crippen LogP contribution is -2.27. The van der Waals surface area contributed by atoms with E-state index in [9.17, 15) is 4.79 Å². The first-order chi connectivity index (χ1) is 10.1. The maximum atomic E-state index is 10.8. The molecule has 0 aliphatic carbocycles. The Bertz CT molecular complexity index is 440. The molecule has 0 radical (unpaired) electrons. The number of carbonyl (C=O) groups is 1. The summed E-state index contributed by atoms with van der Waals surface area (Å²) in [6.45, 7) is 3.01. The first kappa shape index (κ1) is 17.4. The molecular weight excluding hydrogens is 262 g/mol. The van der Waals surface area contributed by atoms with Gasteiger partial charge in [0.05, 0.1) is 6.54 Å². The fourth-order valence-corrected chi connectivity index (χ4v) is 2.39. The number of unbranched alkanes of at least 4 members (excludes halogenated alkanes) is 3. The smallest absolute Gasteiger partial charge is 0.317 e. The molecule has 116 valence electrons. The van der Waals surface area contributed by atoms with Crippen LogP contribution in [0, 0.1) is 0 Å². The van der Waals surface area contributed by atoms with Crippen molar-refractivity contribution >= 4 is 12.0 Å². The van der Waals surface area contributed by atoms with Crippen LogP contribution in [0.4, 0.5) is 0 Å². The van der Waals surface area contributed by atoms with E-state index in [0.29, 0.717) is 6.54 Å². The zero-order chi connectivity index (χ0) is 15.5. The Hall–Kier alpha value is -1.61. The van der Waals surface area contributed by atoms with Crippen LogP contribution < -0.4 is 0 Å². The van der Waals surface area contributed by atoms with Crippen molar-refractivity contribution in [1.29, 1.82) is 0 Å². The van der Waals surface area contributed by atoms with Crippen molar-refractivity contribution in [1.82, 2.24) is 4.90 Å². The van der Waals surface area contributed by atoms with Gasteiger partial charge in [-0.2, -0.15) is 0 Å². The minimum atomic E-state index is -0.775. The zero-order valence-electron chi connectivity index (χ0n) is 13.2. The fourth-order valence-electron chi connectivity index (χ4n) is 2.39. The monoisotopic (exact) mass is 289 g/mol. The van der Waals surface area contributed by atoms with Gasteiger partial charge in [0.25, 0.3) is 0 Å². The lowest BCUT2D eigenvalue weighted by Gasteiger charge is -2.17. The molecule has 1 N–H and O–H groups in total. The van der Waals surface area contributed by atoms with Crippen molar-refractivity contribution in [3.05, 3.63) is 41.5 Å². The van der Waals surface area contributed by atoms with Gasteiger partial charge in [0.15, 0.2) is 0 Å². The summed E-state index contributed by atoms with van der Waals surface area (Å²) in [5, 5.41) is 8.87. The van der Waals surface area contributed by atoms with E-state index in [0.717, 1.165) is 6.42 Å². The van der Waals surface area contributed by atoms with E-state index < -0.39 is 5.97 Å². The lowest BCUT2D eigenvalue weighted by molar-refractivity contribution is -0.137. The average Bonchev–Trinajstić information content (AvgIpc) is 2.43. The first-order valence-corrected chi connectivity index (χ1v) is 7.76. The molecule has 0 spiro atoms. The topological polar surface area (TPSA) is 40.5 Å². The number of carboxylic acids is 1. The molecule has 0 aliphatic rings. The summed E-state index contributed by atoms with van der Waals surface area (Å²) in [5.74, 6) is -0.775. The second-order valence-corrected chi connectivity index (χ2v) is 5.59. The summed E-state index contributed by atoms with van der Waals surface area (Å²) in [6.07, 6.45) is 8.15. The molecule has 0 amide bonds. The predicted molar refractivity (Wildman–Crippen MR) is 88.3 cm³/mol. The minimum Gasteiger partial charge on any atom is -0.480 e. The van der Waals surface area contributed by atoms with E-state index in [1.54, 1.807) is 0 Å². The Morgan fingerprint density at radius 3 is 2.48 bits per heavy atom. The van der Waals surface area contributed by atoms with Gasteiger partial charge in [-0.05, 0) is 25.5 Å². The maximum absolute atomic E-state index is 10.8. The summed E-state index contributed by atoms with van der Waals surface area (Å²) in [5.41, 5.74) is 2.49. The molecule has 0 heterocycles. The summed E-state index contributed by atoms with van der Waals surface area (Å²) < 4.78 is 0. The zero-order valence-corrected chi connectivity index (χ0v) is 13.2. The van der Waals surface area contributed by atoms with E-state index in [1.165, 1.54) is 36.8 Å². The summed E-state index contributed by atoms with van der Waals surface area (Å²) in [7, 11) is 1.86. The van der Waals surface area contributed by atoms with Crippen molar-refractivity contribution in [2.24, 2.45) is 0 Å². The Morgan fingerprint density at radius 2 is 1.86 bits per heavy atom. The molecule has 0 atom stereocenters. The van der Waals surface area contributed by atoms with Crippen LogP contribution in [0.15, 0.2) is 35.9 Å².